The number of para-hydroxylation sites is 1. The SMILES string of the molecule is O=Cc1cccc(-c2ccccc2O)c1. The monoisotopic (exact) mass is 198 g/mol. The predicted octanol–water partition coefficient (Wildman–Crippen LogP) is 2.87. The predicted molar refractivity (Wildman–Crippen MR) is 58.9 cm³/mol. The first-order chi connectivity index (χ1) is 7.31. The summed E-state index contributed by atoms with van der Waals surface area (Å²) in [6, 6.07) is 14.2. The zero-order valence-electron chi connectivity index (χ0n) is 8.05. The highest BCUT2D eigenvalue weighted by atomic mass is 16.3. The highest BCUT2D eigenvalue weighted by Crippen LogP contribution is 2.28. The fraction of sp³-hybridized carbons (Fsp3) is 0. The fourth-order valence-corrected chi connectivity index (χ4v) is 1.50. The van der Waals surface area contributed by atoms with Crippen LogP contribution in [0.4, 0.5) is 0 Å². The molecule has 2 aromatic carbocycles. The second-order valence-electron chi connectivity index (χ2n) is 3.26. The number of carbonyl (C=O) groups is 1. The van der Waals surface area contributed by atoms with Crippen LogP contribution in [-0.4, -0.2) is 11.4 Å². The molecule has 0 amide bonds. The Morgan fingerprint density at radius 2 is 1.80 bits per heavy atom. The Morgan fingerprint density at radius 3 is 2.53 bits per heavy atom. The highest BCUT2D eigenvalue weighted by Gasteiger charge is 2.02. The number of aldehydes is 1. The van der Waals surface area contributed by atoms with Crippen molar-refractivity contribution in [1.82, 2.24) is 0 Å². The molecule has 2 rings (SSSR count). The molecule has 2 nitrogen and oxygen atoms in total. The van der Waals surface area contributed by atoms with Crippen LogP contribution in [0.1, 0.15) is 10.4 Å². The molecule has 0 aliphatic carbocycles. The molecule has 15 heavy (non-hydrogen) atoms. The van der Waals surface area contributed by atoms with Crippen LogP contribution in [0.3, 0.4) is 0 Å². The summed E-state index contributed by atoms with van der Waals surface area (Å²) >= 11 is 0. The van der Waals surface area contributed by atoms with Gasteiger partial charge in [0.25, 0.3) is 0 Å². The summed E-state index contributed by atoms with van der Waals surface area (Å²) in [5, 5.41) is 9.64. The van der Waals surface area contributed by atoms with Gasteiger partial charge in [0, 0.05) is 11.1 Å². The summed E-state index contributed by atoms with van der Waals surface area (Å²) in [6.45, 7) is 0. The number of benzene rings is 2. The smallest absolute Gasteiger partial charge is 0.150 e. The lowest BCUT2D eigenvalue weighted by Crippen LogP contribution is -1.82. The van der Waals surface area contributed by atoms with E-state index in [-0.39, 0.29) is 5.75 Å². The molecule has 0 unspecified atom stereocenters. The number of hydrogen-bond donors (Lipinski definition) is 1. The molecule has 0 heterocycles. The van der Waals surface area contributed by atoms with Crippen molar-refractivity contribution in [2.75, 3.05) is 0 Å². The van der Waals surface area contributed by atoms with Crippen LogP contribution in [0.15, 0.2) is 48.5 Å². The van der Waals surface area contributed by atoms with E-state index in [1.165, 1.54) is 0 Å². The quantitative estimate of drug-likeness (QED) is 0.753. The molecule has 0 atom stereocenters. The van der Waals surface area contributed by atoms with Gasteiger partial charge in [0.05, 0.1) is 0 Å². The Hall–Kier alpha value is -2.09. The third kappa shape index (κ3) is 1.89. The maximum atomic E-state index is 10.6. The molecule has 2 aromatic rings. The average Bonchev–Trinajstić information content (AvgIpc) is 2.30. The highest BCUT2D eigenvalue weighted by molar-refractivity contribution is 5.80. The van der Waals surface area contributed by atoms with Gasteiger partial charge in [0.15, 0.2) is 0 Å². The van der Waals surface area contributed by atoms with Gasteiger partial charge in [0.1, 0.15) is 12.0 Å². The van der Waals surface area contributed by atoms with Gasteiger partial charge in [-0.15, -0.1) is 0 Å². The molecule has 0 aliphatic heterocycles. The number of carbonyl (C=O) groups excluding carboxylic acids is 1. The summed E-state index contributed by atoms with van der Waals surface area (Å²) < 4.78 is 0. The second kappa shape index (κ2) is 3.96. The summed E-state index contributed by atoms with van der Waals surface area (Å²) in [7, 11) is 0. The van der Waals surface area contributed by atoms with Gasteiger partial charge in [-0.25, -0.2) is 0 Å². The van der Waals surface area contributed by atoms with Crippen molar-refractivity contribution < 1.29 is 9.90 Å². The Balaban J connectivity index is 2.54. The molecule has 0 aliphatic rings. The van der Waals surface area contributed by atoms with Crippen LogP contribution in [0.5, 0.6) is 5.75 Å². The minimum absolute atomic E-state index is 0.223. The van der Waals surface area contributed by atoms with Crippen molar-refractivity contribution in [3.63, 3.8) is 0 Å². The van der Waals surface area contributed by atoms with Gasteiger partial charge in [0.2, 0.25) is 0 Å². The molecular formula is C13H10O2. The molecule has 74 valence electrons. The average molecular weight is 198 g/mol. The van der Waals surface area contributed by atoms with E-state index in [4.69, 9.17) is 0 Å². The van der Waals surface area contributed by atoms with Gasteiger partial charge in [-0.1, -0.05) is 36.4 Å². The maximum absolute atomic E-state index is 10.6. The number of aromatic hydroxyl groups is 1. The second-order valence-corrected chi connectivity index (χ2v) is 3.26. The van der Waals surface area contributed by atoms with Gasteiger partial charge < -0.3 is 5.11 Å². The van der Waals surface area contributed by atoms with E-state index >= 15 is 0 Å². The number of hydrogen-bond acceptors (Lipinski definition) is 2. The van der Waals surface area contributed by atoms with Crippen LogP contribution < -0.4 is 0 Å². The first-order valence-electron chi connectivity index (χ1n) is 4.65. The molecular weight excluding hydrogens is 188 g/mol. The minimum Gasteiger partial charge on any atom is -0.507 e. The zero-order chi connectivity index (χ0) is 10.7. The summed E-state index contributed by atoms with van der Waals surface area (Å²) in [6.07, 6.45) is 0.795. The number of rotatable bonds is 2. The molecule has 2 heteroatoms. The van der Waals surface area contributed by atoms with Crippen molar-refractivity contribution in [1.29, 1.82) is 0 Å². The third-order valence-corrected chi connectivity index (χ3v) is 2.24. The normalized spacial score (nSPS) is 9.87. The van der Waals surface area contributed by atoms with E-state index in [9.17, 15) is 9.90 Å². The van der Waals surface area contributed by atoms with E-state index in [1.54, 1.807) is 30.3 Å². The van der Waals surface area contributed by atoms with Gasteiger partial charge >= 0.3 is 0 Å². The van der Waals surface area contributed by atoms with E-state index < -0.39 is 0 Å². The molecule has 0 radical (unpaired) electrons. The lowest BCUT2D eigenvalue weighted by Gasteiger charge is -2.04. The van der Waals surface area contributed by atoms with Crippen molar-refractivity contribution in [2.24, 2.45) is 0 Å². The van der Waals surface area contributed by atoms with Crippen molar-refractivity contribution in [3.8, 4) is 16.9 Å². The molecule has 0 bridgehead atoms. The van der Waals surface area contributed by atoms with Crippen LogP contribution in [0.25, 0.3) is 11.1 Å². The largest absolute Gasteiger partial charge is 0.507 e. The number of phenolic OH excluding ortho intramolecular Hbond substituents is 1. The van der Waals surface area contributed by atoms with Gasteiger partial charge in [-0.3, -0.25) is 4.79 Å². The molecule has 0 fully saturated rings. The zero-order valence-corrected chi connectivity index (χ0v) is 8.05. The molecule has 1 N–H and O–H groups in total. The van der Waals surface area contributed by atoms with Crippen LogP contribution in [0, 0.1) is 0 Å². The van der Waals surface area contributed by atoms with Crippen molar-refractivity contribution in [2.45, 2.75) is 0 Å². The standard InChI is InChI=1S/C13H10O2/c14-9-10-4-3-5-11(8-10)12-6-1-2-7-13(12)15/h1-9,15H. The third-order valence-electron chi connectivity index (χ3n) is 2.24. The lowest BCUT2D eigenvalue weighted by atomic mass is 10.0. The Kier molecular flexibility index (Phi) is 2.50. The summed E-state index contributed by atoms with van der Waals surface area (Å²) in [5.41, 5.74) is 2.19. The topological polar surface area (TPSA) is 37.3 Å². The van der Waals surface area contributed by atoms with Crippen LogP contribution >= 0.6 is 0 Å². The van der Waals surface area contributed by atoms with Crippen LogP contribution in [-0.2, 0) is 0 Å². The van der Waals surface area contributed by atoms with Crippen LogP contribution in [0.2, 0.25) is 0 Å². The fourth-order valence-electron chi connectivity index (χ4n) is 1.50. The molecule has 0 saturated carbocycles. The van der Waals surface area contributed by atoms with E-state index in [0.717, 1.165) is 17.4 Å². The molecule has 0 spiro atoms. The van der Waals surface area contributed by atoms with E-state index in [2.05, 4.69) is 0 Å². The molecule has 0 aromatic heterocycles. The lowest BCUT2D eigenvalue weighted by molar-refractivity contribution is 0.112. The Labute approximate surface area is 87.8 Å². The molecule has 0 saturated heterocycles. The summed E-state index contributed by atoms with van der Waals surface area (Å²) in [4.78, 5) is 10.6. The van der Waals surface area contributed by atoms with Gasteiger partial charge in [-0.2, -0.15) is 0 Å². The maximum Gasteiger partial charge on any atom is 0.150 e. The van der Waals surface area contributed by atoms with Crippen molar-refractivity contribution in [3.05, 3.63) is 54.1 Å². The first-order valence-corrected chi connectivity index (χ1v) is 4.65. The first kappa shape index (κ1) is 9.46. The Bertz CT molecular complexity index is 489. The van der Waals surface area contributed by atoms with E-state index in [1.807, 2.05) is 18.2 Å². The number of phenols is 1. The summed E-state index contributed by atoms with van der Waals surface area (Å²) in [5.74, 6) is 0.223. The minimum atomic E-state index is 0.223. The Morgan fingerprint density at radius 1 is 1.00 bits per heavy atom. The van der Waals surface area contributed by atoms with Crippen molar-refractivity contribution >= 4 is 6.29 Å². The van der Waals surface area contributed by atoms with E-state index in [0.29, 0.717) is 5.56 Å². The van der Waals surface area contributed by atoms with Gasteiger partial charge in [-0.05, 0) is 17.7 Å².